The molecule has 0 fully saturated rings. The standard InChI is InChI=1S/C19H13F3O4/c1-3-16(23)25-11-5-7-12(14(20)9-6-11)13-8-10-15(19(22)18(13)21)26-17(24)4-2/h3-8,10H,1-2,9H2. The zero-order chi connectivity index (χ0) is 19.3. The van der Waals surface area contributed by atoms with E-state index in [-0.39, 0.29) is 23.3 Å². The number of benzene rings is 1. The van der Waals surface area contributed by atoms with Crippen molar-refractivity contribution >= 4 is 17.5 Å². The summed E-state index contributed by atoms with van der Waals surface area (Å²) in [6, 6.07) is 2.07. The molecular formula is C19H13F3O4. The number of halogens is 3. The first-order chi connectivity index (χ1) is 12.4. The Bertz CT molecular complexity index is 879. The molecule has 0 unspecified atom stereocenters. The second kappa shape index (κ2) is 8.15. The number of allylic oxidation sites excluding steroid dienone is 5. The summed E-state index contributed by atoms with van der Waals surface area (Å²) < 4.78 is 52.1. The van der Waals surface area contributed by atoms with Crippen molar-refractivity contribution in [2.45, 2.75) is 6.42 Å². The van der Waals surface area contributed by atoms with E-state index in [0.29, 0.717) is 0 Å². The summed E-state index contributed by atoms with van der Waals surface area (Å²) in [5, 5.41) is 0. The van der Waals surface area contributed by atoms with Crippen LogP contribution < -0.4 is 4.74 Å². The van der Waals surface area contributed by atoms with Crippen LogP contribution in [-0.4, -0.2) is 11.9 Å². The van der Waals surface area contributed by atoms with Gasteiger partial charge in [-0.25, -0.2) is 18.4 Å². The first-order valence-electron chi connectivity index (χ1n) is 7.31. The molecule has 1 aromatic carbocycles. The zero-order valence-electron chi connectivity index (χ0n) is 13.4. The van der Waals surface area contributed by atoms with Gasteiger partial charge in [-0.2, -0.15) is 4.39 Å². The minimum absolute atomic E-state index is 0.0393. The third-order valence-electron chi connectivity index (χ3n) is 3.29. The second-order valence-electron chi connectivity index (χ2n) is 4.95. The third-order valence-corrected chi connectivity index (χ3v) is 3.29. The van der Waals surface area contributed by atoms with E-state index in [4.69, 9.17) is 4.74 Å². The van der Waals surface area contributed by atoms with Crippen LogP contribution >= 0.6 is 0 Å². The van der Waals surface area contributed by atoms with E-state index < -0.39 is 35.1 Å². The van der Waals surface area contributed by atoms with Crippen molar-refractivity contribution in [2.24, 2.45) is 0 Å². The van der Waals surface area contributed by atoms with Gasteiger partial charge in [0.2, 0.25) is 5.82 Å². The van der Waals surface area contributed by atoms with Gasteiger partial charge in [0.25, 0.3) is 0 Å². The highest BCUT2D eigenvalue weighted by Crippen LogP contribution is 2.33. The molecule has 134 valence electrons. The number of ether oxygens (including phenoxy) is 2. The number of carbonyl (C=O) groups is 2. The molecule has 26 heavy (non-hydrogen) atoms. The topological polar surface area (TPSA) is 52.6 Å². The Hall–Kier alpha value is -3.35. The van der Waals surface area contributed by atoms with Crippen LogP contribution in [0, 0.1) is 11.6 Å². The Morgan fingerprint density at radius 1 is 0.962 bits per heavy atom. The molecule has 0 radical (unpaired) electrons. The predicted molar refractivity (Wildman–Crippen MR) is 88.3 cm³/mol. The van der Waals surface area contributed by atoms with Crippen molar-refractivity contribution in [1.29, 1.82) is 0 Å². The highest BCUT2D eigenvalue weighted by molar-refractivity contribution is 5.84. The van der Waals surface area contributed by atoms with E-state index in [9.17, 15) is 22.8 Å². The lowest BCUT2D eigenvalue weighted by molar-refractivity contribution is -0.133. The molecule has 2 rings (SSSR count). The molecule has 1 aromatic rings. The molecule has 0 saturated carbocycles. The summed E-state index contributed by atoms with van der Waals surface area (Å²) in [6.07, 6.45) is 5.09. The molecular weight excluding hydrogens is 349 g/mol. The fraction of sp³-hybridized carbons (Fsp3) is 0.0526. The summed E-state index contributed by atoms with van der Waals surface area (Å²) >= 11 is 0. The van der Waals surface area contributed by atoms with Crippen LogP contribution in [-0.2, 0) is 14.3 Å². The lowest BCUT2D eigenvalue weighted by Crippen LogP contribution is -2.06. The lowest BCUT2D eigenvalue weighted by Gasteiger charge is -2.09. The van der Waals surface area contributed by atoms with Gasteiger partial charge in [-0.3, -0.25) is 0 Å². The first-order valence-corrected chi connectivity index (χ1v) is 7.31. The van der Waals surface area contributed by atoms with E-state index in [2.05, 4.69) is 17.9 Å². The minimum atomic E-state index is -1.44. The average Bonchev–Trinajstić information content (AvgIpc) is 2.81. The van der Waals surface area contributed by atoms with Crippen molar-refractivity contribution in [3.63, 3.8) is 0 Å². The summed E-state index contributed by atoms with van der Waals surface area (Å²) in [5.74, 6) is -5.90. The van der Waals surface area contributed by atoms with E-state index >= 15 is 0 Å². The molecule has 0 saturated heterocycles. The van der Waals surface area contributed by atoms with Gasteiger partial charge in [-0.15, -0.1) is 0 Å². The highest BCUT2D eigenvalue weighted by Gasteiger charge is 2.21. The van der Waals surface area contributed by atoms with E-state index in [1.807, 2.05) is 0 Å². The zero-order valence-corrected chi connectivity index (χ0v) is 13.4. The third kappa shape index (κ3) is 4.18. The van der Waals surface area contributed by atoms with Crippen molar-refractivity contribution in [2.75, 3.05) is 0 Å². The first kappa shape index (κ1) is 19.0. The maximum atomic E-state index is 14.3. The molecule has 0 aromatic heterocycles. The van der Waals surface area contributed by atoms with Crippen LogP contribution in [0.2, 0.25) is 0 Å². The van der Waals surface area contributed by atoms with Crippen LogP contribution in [0.15, 0.2) is 67.3 Å². The van der Waals surface area contributed by atoms with Crippen LogP contribution in [0.25, 0.3) is 5.57 Å². The fourth-order valence-corrected chi connectivity index (χ4v) is 2.06. The monoisotopic (exact) mass is 362 g/mol. The van der Waals surface area contributed by atoms with Crippen molar-refractivity contribution < 1.29 is 32.2 Å². The van der Waals surface area contributed by atoms with Gasteiger partial charge in [-0.05, 0) is 30.4 Å². The average molecular weight is 362 g/mol. The van der Waals surface area contributed by atoms with Gasteiger partial charge < -0.3 is 9.47 Å². The van der Waals surface area contributed by atoms with Crippen LogP contribution in [0.1, 0.15) is 12.0 Å². The summed E-state index contributed by atoms with van der Waals surface area (Å²) in [7, 11) is 0. The van der Waals surface area contributed by atoms with Gasteiger partial charge in [0, 0.05) is 29.7 Å². The molecule has 0 atom stereocenters. The van der Waals surface area contributed by atoms with Gasteiger partial charge in [0.15, 0.2) is 11.6 Å². The molecule has 0 aliphatic heterocycles. The van der Waals surface area contributed by atoms with Crippen molar-refractivity contribution in [3.05, 3.63) is 84.5 Å². The molecule has 4 nitrogen and oxygen atoms in total. The minimum Gasteiger partial charge on any atom is -0.424 e. The Morgan fingerprint density at radius 3 is 2.27 bits per heavy atom. The summed E-state index contributed by atoms with van der Waals surface area (Å²) in [4.78, 5) is 22.3. The smallest absolute Gasteiger partial charge is 0.335 e. The summed E-state index contributed by atoms with van der Waals surface area (Å²) in [6.45, 7) is 6.39. The SMILES string of the molecule is C=CC(=O)OC1=CCC(F)=C(c2ccc(OC(=O)C=C)c(F)c2F)C=C1. The maximum Gasteiger partial charge on any atom is 0.335 e. The van der Waals surface area contributed by atoms with Crippen molar-refractivity contribution in [3.8, 4) is 5.75 Å². The Balaban J connectivity index is 2.36. The van der Waals surface area contributed by atoms with Crippen LogP contribution in [0.5, 0.6) is 5.75 Å². The molecule has 0 N–H and O–H groups in total. The number of hydrogen-bond donors (Lipinski definition) is 0. The van der Waals surface area contributed by atoms with Gasteiger partial charge >= 0.3 is 11.9 Å². The van der Waals surface area contributed by atoms with Crippen molar-refractivity contribution in [1.82, 2.24) is 0 Å². The van der Waals surface area contributed by atoms with E-state index in [0.717, 1.165) is 30.4 Å². The molecule has 0 spiro atoms. The second-order valence-corrected chi connectivity index (χ2v) is 4.95. The Morgan fingerprint density at radius 2 is 1.62 bits per heavy atom. The predicted octanol–water partition coefficient (Wildman–Crippen LogP) is 4.31. The van der Waals surface area contributed by atoms with Gasteiger partial charge in [0.05, 0.1) is 0 Å². The summed E-state index contributed by atoms with van der Waals surface area (Å²) in [5.41, 5.74) is -0.608. The van der Waals surface area contributed by atoms with Crippen LogP contribution in [0.4, 0.5) is 13.2 Å². The maximum absolute atomic E-state index is 14.3. The molecule has 1 aliphatic rings. The number of esters is 2. The highest BCUT2D eigenvalue weighted by atomic mass is 19.2. The molecule has 0 amide bonds. The normalized spacial score (nSPS) is 13.6. The molecule has 0 bridgehead atoms. The number of carbonyl (C=O) groups excluding carboxylic acids is 2. The quantitative estimate of drug-likeness (QED) is 0.445. The van der Waals surface area contributed by atoms with E-state index in [1.165, 1.54) is 12.2 Å². The number of hydrogen-bond acceptors (Lipinski definition) is 4. The number of rotatable bonds is 5. The fourth-order valence-electron chi connectivity index (χ4n) is 2.06. The van der Waals surface area contributed by atoms with Gasteiger partial charge in [-0.1, -0.05) is 13.2 Å². The Kier molecular flexibility index (Phi) is 5.95. The Labute approximate surface area is 147 Å². The largest absolute Gasteiger partial charge is 0.424 e. The van der Waals surface area contributed by atoms with Gasteiger partial charge in [0.1, 0.15) is 11.6 Å². The molecule has 7 heteroatoms. The molecule has 1 aliphatic carbocycles. The molecule has 0 heterocycles. The van der Waals surface area contributed by atoms with E-state index in [1.54, 1.807) is 0 Å². The lowest BCUT2D eigenvalue weighted by atomic mass is 10.0. The van der Waals surface area contributed by atoms with Crippen LogP contribution in [0.3, 0.4) is 0 Å².